The lowest BCUT2D eigenvalue weighted by atomic mass is 9.78. The number of methoxy groups -OCH3 is 1. The van der Waals surface area contributed by atoms with Crippen molar-refractivity contribution in [2.75, 3.05) is 40.0 Å². The number of alkyl carbamates (subject to hydrolysis) is 1. The molecule has 7 nitrogen and oxygen atoms in total. The largest absolute Gasteiger partial charge is 0.496 e. The van der Waals surface area contributed by atoms with E-state index in [2.05, 4.69) is 37.9 Å². The molecule has 4 aliphatic rings. The smallest absolute Gasteiger partial charge is 0.407 e. The van der Waals surface area contributed by atoms with Crippen molar-refractivity contribution in [3.05, 3.63) is 42.0 Å². The lowest BCUT2D eigenvalue weighted by Gasteiger charge is -2.44. The lowest BCUT2D eigenvalue weighted by molar-refractivity contribution is -0.0361. The van der Waals surface area contributed by atoms with Crippen LogP contribution in [0, 0.1) is 17.3 Å². The van der Waals surface area contributed by atoms with E-state index in [1.807, 2.05) is 36.4 Å². The zero-order chi connectivity index (χ0) is 26.2. The van der Waals surface area contributed by atoms with Gasteiger partial charge in [-0.3, -0.25) is 4.90 Å². The highest BCUT2D eigenvalue weighted by Gasteiger charge is 2.41. The highest BCUT2D eigenvalue weighted by Crippen LogP contribution is 2.47. The third-order valence-electron chi connectivity index (χ3n) is 7.89. The molecule has 37 heavy (non-hydrogen) atoms. The van der Waals surface area contributed by atoms with Crippen LogP contribution in [0.1, 0.15) is 52.1 Å². The number of piperidine rings is 3. The number of carbonyl (C=O) groups is 1. The van der Waals surface area contributed by atoms with Gasteiger partial charge < -0.3 is 24.3 Å². The van der Waals surface area contributed by atoms with E-state index in [1.165, 1.54) is 0 Å². The van der Waals surface area contributed by atoms with Gasteiger partial charge in [0.25, 0.3) is 0 Å². The molecular formula is C30H40N2O5. The minimum absolute atomic E-state index is 0.0330. The second-order valence-corrected chi connectivity index (χ2v) is 11.8. The van der Waals surface area contributed by atoms with Gasteiger partial charge >= 0.3 is 6.09 Å². The summed E-state index contributed by atoms with van der Waals surface area (Å²) in [6.45, 7) is 12.7. The standard InChI is InChI=1S/C30H40N2O5/c1-19(2)17-35-22-8-6-20(7-9-22)23-14-26-24(15-25(23)34-5)28(30(3,4)18-36-26)31-29(33)37-27-16-32-12-10-21(27)11-13-32/h6-9,14-15,19,21,27-28H,10-13,16-18H2,1-5H3,(H,31,33)/t27-,28?/m0/s1. The topological polar surface area (TPSA) is 69.3 Å². The molecule has 1 N–H and O–H groups in total. The minimum Gasteiger partial charge on any atom is -0.496 e. The maximum Gasteiger partial charge on any atom is 0.407 e. The number of nitrogens with zero attached hydrogens (tertiary/aromatic N) is 1. The Bertz CT molecular complexity index is 1110. The van der Waals surface area contributed by atoms with Crippen LogP contribution in [0.4, 0.5) is 4.79 Å². The Morgan fingerprint density at radius 2 is 1.89 bits per heavy atom. The molecule has 4 aliphatic heterocycles. The quantitative estimate of drug-likeness (QED) is 0.519. The molecule has 0 aliphatic carbocycles. The fraction of sp³-hybridized carbons (Fsp3) is 0.567. The number of fused-ring (bicyclic) bond motifs is 4. The van der Waals surface area contributed by atoms with E-state index in [9.17, 15) is 4.79 Å². The number of nitrogens with one attached hydrogen (secondary N) is 1. The maximum absolute atomic E-state index is 13.1. The van der Waals surface area contributed by atoms with Crippen LogP contribution < -0.4 is 19.5 Å². The normalized spacial score (nSPS) is 25.7. The Balaban J connectivity index is 1.36. The average molecular weight is 509 g/mol. The molecule has 0 radical (unpaired) electrons. The molecule has 1 amide bonds. The highest BCUT2D eigenvalue weighted by molar-refractivity contribution is 5.75. The van der Waals surface area contributed by atoms with E-state index in [0.29, 0.717) is 25.0 Å². The maximum atomic E-state index is 13.1. The number of ether oxygens (including phenoxy) is 4. The molecule has 3 saturated heterocycles. The second-order valence-electron chi connectivity index (χ2n) is 11.8. The molecule has 4 heterocycles. The van der Waals surface area contributed by atoms with Gasteiger partial charge in [-0.25, -0.2) is 4.79 Å². The Kier molecular flexibility index (Phi) is 7.26. The number of carbonyl (C=O) groups excluding carboxylic acids is 1. The number of hydrogen-bond acceptors (Lipinski definition) is 6. The number of rotatable bonds is 7. The van der Waals surface area contributed by atoms with Gasteiger partial charge in [0.2, 0.25) is 0 Å². The molecule has 2 aromatic carbocycles. The molecule has 2 atom stereocenters. The minimum atomic E-state index is -0.357. The number of hydrogen-bond donors (Lipinski definition) is 1. The fourth-order valence-corrected chi connectivity index (χ4v) is 5.69. The summed E-state index contributed by atoms with van der Waals surface area (Å²) >= 11 is 0. The van der Waals surface area contributed by atoms with Crippen molar-refractivity contribution < 1.29 is 23.7 Å². The predicted molar refractivity (Wildman–Crippen MR) is 143 cm³/mol. The van der Waals surface area contributed by atoms with Crippen molar-refractivity contribution in [1.82, 2.24) is 10.2 Å². The molecule has 0 aromatic heterocycles. The van der Waals surface area contributed by atoms with Gasteiger partial charge in [0.15, 0.2) is 0 Å². The summed E-state index contributed by atoms with van der Waals surface area (Å²) in [6.07, 6.45) is 1.82. The predicted octanol–water partition coefficient (Wildman–Crippen LogP) is 5.68. The van der Waals surface area contributed by atoms with E-state index >= 15 is 0 Å². The third-order valence-corrected chi connectivity index (χ3v) is 7.89. The first kappa shape index (κ1) is 25.7. The van der Waals surface area contributed by atoms with Crippen LogP contribution in [-0.4, -0.2) is 57.1 Å². The van der Waals surface area contributed by atoms with Crippen LogP contribution in [0.2, 0.25) is 0 Å². The Hall–Kier alpha value is -2.93. The van der Waals surface area contributed by atoms with Crippen molar-refractivity contribution in [2.45, 2.75) is 52.7 Å². The van der Waals surface area contributed by atoms with Gasteiger partial charge in [-0.05, 0) is 67.6 Å². The summed E-state index contributed by atoms with van der Waals surface area (Å²) < 4.78 is 23.8. The van der Waals surface area contributed by atoms with Gasteiger partial charge in [-0.1, -0.05) is 39.8 Å². The van der Waals surface area contributed by atoms with Crippen molar-refractivity contribution in [3.63, 3.8) is 0 Å². The van der Waals surface area contributed by atoms with E-state index < -0.39 is 0 Å². The zero-order valence-electron chi connectivity index (χ0n) is 22.7. The van der Waals surface area contributed by atoms with Crippen LogP contribution in [0.15, 0.2) is 36.4 Å². The summed E-state index contributed by atoms with van der Waals surface area (Å²) in [7, 11) is 1.67. The van der Waals surface area contributed by atoms with Crippen LogP contribution in [0.5, 0.6) is 17.2 Å². The molecule has 2 aromatic rings. The van der Waals surface area contributed by atoms with Gasteiger partial charge in [-0.15, -0.1) is 0 Å². The van der Waals surface area contributed by atoms with Crippen LogP contribution >= 0.6 is 0 Å². The number of benzene rings is 2. The summed E-state index contributed by atoms with van der Waals surface area (Å²) in [5.74, 6) is 3.27. The molecule has 3 fully saturated rings. The lowest BCUT2D eigenvalue weighted by Crippen LogP contribution is -2.53. The fourth-order valence-electron chi connectivity index (χ4n) is 5.69. The summed E-state index contributed by atoms with van der Waals surface area (Å²) in [5.41, 5.74) is 2.53. The molecule has 6 rings (SSSR count). The highest BCUT2D eigenvalue weighted by atomic mass is 16.6. The molecule has 1 unspecified atom stereocenters. The van der Waals surface area contributed by atoms with E-state index in [-0.39, 0.29) is 23.7 Å². The van der Waals surface area contributed by atoms with Gasteiger partial charge in [0.1, 0.15) is 23.4 Å². The molecule has 0 saturated carbocycles. The van der Waals surface area contributed by atoms with Gasteiger partial charge in [0.05, 0.1) is 26.4 Å². The first-order valence-electron chi connectivity index (χ1n) is 13.5. The summed E-state index contributed by atoms with van der Waals surface area (Å²) in [5, 5.41) is 3.18. The Morgan fingerprint density at radius 3 is 2.51 bits per heavy atom. The number of amides is 1. The van der Waals surface area contributed by atoms with Crippen LogP contribution in [-0.2, 0) is 4.74 Å². The molecular weight excluding hydrogens is 468 g/mol. The molecule has 7 heteroatoms. The monoisotopic (exact) mass is 508 g/mol. The van der Waals surface area contributed by atoms with Crippen molar-refractivity contribution in [2.24, 2.45) is 17.3 Å². The van der Waals surface area contributed by atoms with Crippen molar-refractivity contribution in [1.29, 1.82) is 0 Å². The molecule has 200 valence electrons. The van der Waals surface area contributed by atoms with E-state index in [1.54, 1.807) is 7.11 Å². The van der Waals surface area contributed by atoms with Crippen LogP contribution in [0.25, 0.3) is 11.1 Å². The van der Waals surface area contributed by atoms with Crippen molar-refractivity contribution in [3.8, 4) is 28.4 Å². The second kappa shape index (κ2) is 10.4. The van der Waals surface area contributed by atoms with Gasteiger partial charge in [0, 0.05) is 23.1 Å². The average Bonchev–Trinajstić information content (AvgIpc) is 2.89. The summed E-state index contributed by atoms with van der Waals surface area (Å²) in [6, 6.07) is 11.8. The van der Waals surface area contributed by atoms with E-state index in [4.69, 9.17) is 18.9 Å². The van der Waals surface area contributed by atoms with Crippen molar-refractivity contribution >= 4 is 6.09 Å². The SMILES string of the molecule is COc1cc2c(cc1-c1ccc(OCC(C)C)cc1)OCC(C)(C)C2NC(=O)O[C@H]1CN2CCC1CC2. The first-order chi connectivity index (χ1) is 17.7. The summed E-state index contributed by atoms with van der Waals surface area (Å²) in [4.78, 5) is 15.5. The van der Waals surface area contributed by atoms with Gasteiger partial charge in [-0.2, -0.15) is 0 Å². The van der Waals surface area contributed by atoms with E-state index in [0.717, 1.165) is 66.4 Å². The molecule has 2 bridgehead atoms. The first-order valence-corrected chi connectivity index (χ1v) is 13.5. The third kappa shape index (κ3) is 5.52. The van der Waals surface area contributed by atoms with Crippen LogP contribution in [0.3, 0.4) is 0 Å². The Labute approximate surface area is 220 Å². The zero-order valence-corrected chi connectivity index (χ0v) is 22.7. The molecule has 0 spiro atoms. The Morgan fingerprint density at radius 1 is 1.16 bits per heavy atom.